The van der Waals surface area contributed by atoms with Crippen LogP contribution in [-0.2, 0) is 18.4 Å². The van der Waals surface area contributed by atoms with Crippen LogP contribution in [0.3, 0.4) is 0 Å². The number of aryl methyl sites for hydroxylation is 1. The Balaban J connectivity index is 1.67. The van der Waals surface area contributed by atoms with Crippen molar-refractivity contribution in [2.75, 3.05) is 51.9 Å². The maximum absolute atomic E-state index is 11.0. The molecular weight excluding hydrogens is 458 g/mol. The molecule has 1 saturated heterocycles. The van der Waals surface area contributed by atoms with Crippen molar-refractivity contribution in [3.8, 4) is 17.1 Å². The molecule has 0 atom stereocenters. The second kappa shape index (κ2) is 11.6. The maximum Gasteiger partial charge on any atom is 0.166 e. The Bertz CT molecular complexity index is 1270. The number of nitrogens with one attached hydrogen (secondary N) is 1. The van der Waals surface area contributed by atoms with Crippen LogP contribution in [0.5, 0.6) is 5.75 Å². The van der Waals surface area contributed by atoms with E-state index < -0.39 is 0 Å². The molecule has 0 unspecified atom stereocenters. The zero-order chi connectivity index (χ0) is 25.5. The Morgan fingerprint density at radius 2 is 1.97 bits per heavy atom. The minimum Gasteiger partial charge on any atom is -0.497 e. The second-order valence-corrected chi connectivity index (χ2v) is 8.49. The molecule has 1 aliphatic heterocycles. The van der Waals surface area contributed by atoms with Crippen molar-refractivity contribution in [2.45, 2.75) is 6.54 Å². The lowest BCUT2D eigenvalue weighted by atomic mass is 10.2. The van der Waals surface area contributed by atoms with Gasteiger partial charge in [-0.2, -0.15) is 0 Å². The summed E-state index contributed by atoms with van der Waals surface area (Å²) in [4.78, 5) is 38.0. The third kappa shape index (κ3) is 5.64. The molecule has 1 fully saturated rings. The maximum atomic E-state index is 11.0. The van der Waals surface area contributed by atoms with Crippen LogP contribution in [0.15, 0.2) is 46.0 Å². The quantitative estimate of drug-likeness (QED) is 0.260. The van der Waals surface area contributed by atoms with Gasteiger partial charge in [0.15, 0.2) is 29.1 Å². The largest absolute Gasteiger partial charge is 0.497 e. The number of methoxy groups -OCH3 is 1. The van der Waals surface area contributed by atoms with Gasteiger partial charge in [0.05, 0.1) is 25.9 Å². The number of benzene rings is 1. The standard InChI is InChI=1S/C25H31N9O2/c1-26-13-18(16-35)14-28-17-32(2)15-21-29-22-24(33(21)3)30-23(19-5-7-20(36-4)8-6-19)31-25(22)34-11-9-27-10-12-34/h5-8,13-14,16,27H,1,9-12,15,17H2,2-4H3/b18-13+,28-14-. The van der Waals surface area contributed by atoms with Gasteiger partial charge in [0.25, 0.3) is 0 Å². The van der Waals surface area contributed by atoms with E-state index in [1.165, 1.54) is 12.4 Å². The van der Waals surface area contributed by atoms with E-state index in [9.17, 15) is 4.79 Å². The number of aldehydes is 1. The van der Waals surface area contributed by atoms with Crippen LogP contribution >= 0.6 is 0 Å². The number of rotatable bonds is 10. The summed E-state index contributed by atoms with van der Waals surface area (Å²) in [7, 11) is 5.56. The molecule has 0 saturated carbocycles. The lowest BCUT2D eigenvalue weighted by molar-refractivity contribution is -0.104. The first-order valence-electron chi connectivity index (χ1n) is 11.7. The molecule has 0 amide bonds. The molecule has 2 aromatic heterocycles. The molecule has 11 nitrogen and oxygen atoms in total. The average Bonchev–Trinajstić information content (AvgIpc) is 3.22. The van der Waals surface area contributed by atoms with Crippen molar-refractivity contribution in [1.82, 2.24) is 29.7 Å². The first kappa shape index (κ1) is 25.1. The summed E-state index contributed by atoms with van der Waals surface area (Å²) >= 11 is 0. The van der Waals surface area contributed by atoms with Crippen LogP contribution < -0.4 is 15.0 Å². The molecule has 0 radical (unpaired) electrons. The number of aliphatic imine (C=N–C) groups is 2. The number of aromatic nitrogens is 4. The van der Waals surface area contributed by atoms with E-state index in [1.54, 1.807) is 7.11 Å². The smallest absolute Gasteiger partial charge is 0.166 e. The van der Waals surface area contributed by atoms with Crippen LogP contribution in [0.2, 0.25) is 0 Å². The molecule has 0 spiro atoms. The Hall–Kier alpha value is -3.96. The molecule has 0 bridgehead atoms. The number of carbonyl (C=O) groups is 1. The predicted octanol–water partition coefficient (Wildman–Crippen LogP) is 1.69. The van der Waals surface area contributed by atoms with E-state index in [2.05, 4.69) is 26.9 Å². The van der Waals surface area contributed by atoms with Crippen LogP contribution in [0.25, 0.3) is 22.6 Å². The highest BCUT2D eigenvalue weighted by Crippen LogP contribution is 2.29. The van der Waals surface area contributed by atoms with E-state index in [1.807, 2.05) is 47.8 Å². The summed E-state index contributed by atoms with van der Waals surface area (Å²) in [6.45, 7) is 7.77. The van der Waals surface area contributed by atoms with Gasteiger partial charge in [-0.15, -0.1) is 0 Å². The van der Waals surface area contributed by atoms with Gasteiger partial charge in [0, 0.05) is 51.2 Å². The van der Waals surface area contributed by atoms with E-state index in [0.29, 0.717) is 30.9 Å². The fraction of sp³-hybridized carbons (Fsp3) is 0.360. The highest BCUT2D eigenvalue weighted by Gasteiger charge is 2.22. The Labute approximate surface area is 210 Å². The molecule has 3 aromatic rings. The topological polar surface area (TPSA) is 113 Å². The Kier molecular flexibility index (Phi) is 8.13. The first-order chi connectivity index (χ1) is 17.5. The summed E-state index contributed by atoms with van der Waals surface area (Å²) in [6, 6.07) is 7.75. The van der Waals surface area contributed by atoms with Gasteiger partial charge < -0.3 is 19.5 Å². The minimum absolute atomic E-state index is 0.364. The summed E-state index contributed by atoms with van der Waals surface area (Å²) < 4.78 is 7.31. The van der Waals surface area contributed by atoms with Gasteiger partial charge in [0.1, 0.15) is 11.6 Å². The number of fused-ring (bicyclic) bond motifs is 1. The van der Waals surface area contributed by atoms with Crippen molar-refractivity contribution < 1.29 is 9.53 Å². The second-order valence-electron chi connectivity index (χ2n) is 8.49. The van der Waals surface area contributed by atoms with Crippen molar-refractivity contribution in [3.05, 3.63) is 41.9 Å². The highest BCUT2D eigenvalue weighted by atomic mass is 16.5. The fourth-order valence-electron chi connectivity index (χ4n) is 3.98. The predicted molar refractivity (Wildman–Crippen MR) is 142 cm³/mol. The number of carbonyl (C=O) groups excluding carboxylic acids is 1. The van der Waals surface area contributed by atoms with Gasteiger partial charge in [0.2, 0.25) is 0 Å². The van der Waals surface area contributed by atoms with Gasteiger partial charge in [-0.1, -0.05) is 0 Å². The van der Waals surface area contributed by atoms with Gasteiger partial charge in [-0.25, -0.2) is 15.0 Å². The molecule has 11 heteroatoms. The van der Waals surface area contributed by atoms with Crippen molar-refractivity contribution in [1.29, 1.82) is 0 Å². The Morgan fingerprint density at radius 1 is 1.22 bits per heavy atom. The van der Waals surface area contributed by atoms with Crippen molar-refractivity contribution in [2.24, 2.45) is 17.0 Å². The van der Waals surface area contributed by atoms with Crippen molar-refractivity contribution in [3.63, 3.8) is 0 Å². The van der Waals surface area contributed by atoms with E-state index in [0.717, 1.165) is 60.3 Å². The number of ether oxygens (including phenoxy) is 1. The summed E-state index contributed by atoms with van der Waals surface area (Å²) in [5.41, 5.74) is 2.84. The molecule has 0 aliphatic carbocycles. The van der Waals surface area contributed by atoms with Crippen LogP contribution in [0, 0.1) is 0 Å². The molecule has 36 heavy (non-hydrogen) atoms. The molecule has 3 heterocycles. The minimum atomic E-state index is 0.364. The lowest BCUT2D eigenvalue weighted by Crippen LogP contribution is -2.44. The van der Waals surface area contributed by atoms with Gasteiger partial charge in [-0.3, -0.25) is 19.7 Å². The lowest BCUT2D eigenvalue weighted by Gasteiger charge is -2.28. The van der Waals surface area contributed by atoms with Crippen LogP contribution in [0.4, 0.5) is 5.82 Å². The van der Waals surface area contributed by atoms with E-state index in [-0.39, 0.29) is 0 Å². The molecule has 1 N–H and O–H groups in total. The zero-order valence-corrected chi connectivity index (χ0v) is 20.9. The molecule has 1 aromatic carbocycles. The number of piperazine rings is 1. The number of anilines is 1. The highest BCUT2D eigenvalue weighted by molar-refractivity contribution is 6.01. The summed E-state index contributed by atoms with van der Waals surface area (Å²) in [5, 5.41) is 3.39. The number of imidazole rings is 1. The van der Waals surface area contributed by atoms with Gasteiger partial charge in [-0.05, 0) is 38.0 Å². The van der Waals surface area contributed by atoms with Gasteiger partial charge >= 0.3 is 0 Å². The number of nitrogens with zero attached hydrogens (tertiary/aromatic N) is 8. The fourth-order valence-corrected chi connectivity index (χ4v) is 3.98. The number of hydrogen-bond donors (Lipinski definition) is 1. The third-order valence-corrected chi connectivity index (χ3v) is 5.91. The summed E-state index contributed by atoms with van der Waals surface area (Å²) in [5.74, 6) is 3.12. The molecule has 4 rings (SSSR count). The SMILES string of the molecule is C=N/C=C(C=O)\C=N/CN(C)Cc1nc2c(N3CCNCC3)nc(-c3ccc(OC)cc3)nc2n1C. The normalized spacial score (nSPS) is 14.7. The van der Waals surface area contributed by atoms with E-state index in [4.69, 9.17) is 19.7 Å². The summed E-state index contributed by atoms with van der Waals surface area (Å²) in [6.07, 6.45) is 3.56. The number of allylic oxidation sites excluding steroid dienone is 1. The van der Waals surface area contributed by atoms with Crippen LogP contribution in [-0.4, -0.2) is 90.6 Å². The third-order valence-electron chi connectivity index (χ3n) is 5.91. The van der Waals surface area contributed by atoms with Crippen LogP contribution in [0.1, 0.15) is 5.82 Å². The first-order valence-corrected chi connectivity index (χ1v) is 11.7. The molecule has 188 valence electrons. The van der Waals surface area contributed by atoms with Crippen molar-refractivity contribution >= 4 is 36.2 Å². The number of hydrogen-bond acceptors (Lipinski definition) is 10. The zero-order valence-electron chi connectivity index (χ0n) is 20.9. The Morgan fingerprint density at radius 3 is 2.64 bits per heavy atom. The molecule has 1 aliphatic rings. The monoisotopic (exact) mass is 489 g/mol. The van der Waals surface area contributed by atoms with E-state index >= 15 is 0 Å². The average molecular weight is 490 g/mol. The molecular formula is C25H31N9O2.